The van der Waals surface area contributed by atoms with Crippen LogP contribution in [0.25, 0.3) is 0 Å². The van der Waals surface area contributed by atoms with Gasteiger partial charge in [-0.1, -0.05) is 18.2 Å². The number of hydrogen-bond donors (Lipinski definition) is 0. The molecule has 2 aliphatic heterocycles. The zero-order valence-corrected chi connectivity index (χ0v) is 17.6. The standard InChI is InChI=1S/C24H29NO5/c1-25(14-19-15-27-20-5-3-4-6-22(20)30-19)18-9-11-24(26-2,12-10-18)17-7-8-21-23(13-17)29-16-28-21/h3-8,13,18-19H,9-12,14-16H2,1-2H3. The van der Waals surface area contributed by atoms with E-state index in [2.05, 4.69) is 24.1 Å². The summed E-state index contributed by atoms with van der Waals surface area (Å²) in [4.78, 5) is 2.42. The second kappa shape index (κ2) is 8.00. The first-order valence-corrected chi connectivity index (χ1v) is 10.7. The highest BCUT2D eigenvalue weighted by Gasteiger charge is 2.39. The van der Waals surface area contributed by atoms with Crippen molar-refractivity contribution in [2.75, 3.05) is 34.1 Å². The second-order valence-corrected chi connectivity index (χ2v) is 8.43. The van der Waals surface area contributed by atoms with Gasteiger partial charge in [0.1, 0.15) is 12.7 Å². The normalized spacial score (nSPS) is 27.3. The van der Waals surface area contributed by atoms with Crippen molar-refractivity contribution in [2.24, 2.45) is 0 Å². The fraction of sp³-hybridized carbons (Fsp3) is 0.500. The van der Waals surface area contributed by atoms with Crippen molar-refractivity contribution in [3.8, 4) is 23.0 Å². The summed E-state index contributed by atoms with van der Waals surface area (Å²) in [7, 11) is 4.01. The summed E-state index contributed by atoms with van der Waals surface area (Å²) >= 11 is 0. The molecule has 1 aliphatic carbocycles. The molecule has 1 atom stereocenters. The molecule has 6 heteroatoms. The Morgan fingerprint density at radius 1 is 0.967 bits per heavy atom. The molecule has 0 radical (unpaired) electrons. The third-order valence-electron chi connectivity index (χ3n) is 6.73. The summed E-state index contributed by atoms with van der Waals surface area (Å²) in [5.74, 6) is 3.31. The van der Waals surface area contributed by atoms with E-state index >= 15 is 0 Å². The number of nitrogens with zero attached hydrogens (tertiary/aromatic N) is 1. The molecule has 5 rings (SSSR count). The minimum Gasteiger partial charge on any atom is -0.486 e. The topological polar surface area (TPSA) is 49.4 Å². The Balaban J connectivity index is 1.21. The van der Waals surface area contributed by atoms with Crippen molar-refractivity contribution in [1.82, 2.24) is 4.90 Å². The minimum absolute atomic E-state index is 0.0490. The van der Waals surface area contributed by atoms with Gasteiger partial charge in [0, 0.05) is 19.7 Å². The molecule has 0 amide bonds. The van der Waals surface area contributed by atoms with Gasteiger partial charge in [-0.15, -0.1) is 0 Å². The van der Waals surface area contributed by atoms with Gasteiger partial charge in [0.25, 0.3) is 0 Å². The first kappa shape index (κ1) is 19.5. The van der Waals surface area contributed by atoms with Crippen LogP contribution < -0.4 is 18.9 Å². The molecule has 1 saturated carbocycles. The summed E-state index contributed by atoms with van der Waals surface area (Å²) < 4.78 is 29.1. The zero-order chi connectivity index (χ0) is 20.6. The van der Waals surface area contributed by atoms with Gasteiger partial charge in [-0.2, -0.15) is 0 Å². The molecule has 160 valence electrons. The van der Waals surface area contributed by atoms with Crippen LogP contribution in [0.3, 0.4) is 0 Å². The molecule has 30 heavy (non-hydrogen) atoms. The fourth-order valence-electron chi connectivity index (χ4n) is 4.92. The molecule has 0 aromatic heterocycles. The van der Waals surface area contributed by atoms with E-state index in [-0.39, 0.29) is 11.7 Å². The van der Waals surface area contributed by atoms with Crippen molar-refractivity contribution in [3.05, 3.63) is 48.0 Å². The number of rotatable bonds is 5. The van der Waals surface area contributed by atoms with E-state index in [0.717, 1.165) is 55.2 Å². The summed E-state index contributed by atoms with van der Waals surface area (Å²) in [6, 6.07) is 14.6. The van der Waals surface area contributed by atoms with Crippen molar-refractivity contribution in [1.29, 1.82) is 0 Å². The average molecular weight is 411 g/mol. The van der Waals surface area contributed by atoms with Gasteiger partial charge < -0.3 is 23.7 Å². The first-order valence-electron chi connectivity index (χ1n) is 10.7. The number of methoxy groups -OCH3 is 1. The number of ether oxygens (including phenoxy) is 5. The summed E-state index contributed by atoms with van der Waals surface area (Å²) in [5.41, 5.74) is 0.915. The zero-order valence-electron chi connectivity index (χ0n) is 17.6. The lowest BCUT2D eigenvalue weighted by molar-refractivity contribution is -0.0622. The van der Waals surface area contributed by atoms with Crippen LogP contribution in [0.5, 0.6) is 23.0 Å². The summed E-state index contributed by atoms with van der Waals surface area (Å²) in [5, 5.41) is 0. The lowest BCUT2D eigenvalue weighted by Crippen LogP contribution is -2.46. The van der Waals surface area contributed by atoms with Crippen molar-refractivity contribution in [3.63, 3.8) is 0 Å². The van der Waals surface area contributed by atoms with Crippen LogP contribution in [0.4, 0.5) is 0 Å². The van der Waals surface area contributed by atoms with Crippen LogP contribution in [-0.2, 0) is 10.3 Å². The molecule has 0 spiro atoms. The van der Waals surface area contributed by atoms with Crippen molar-refractivity contribution in [2.45, 2.75) is 43.4 Å². The summed E-state index contributed by atoms with van der Waals surface area (Å²) in [6.45, 7) is 1.74. The Labute approximate surface area is 177 Å². The molecule has 1 unspecified atom stereocenters. The van der Waals surface area contributed by atoms with Gasteiger partial charge in [0.2, 0.25) is 6.79 Å². The highest BCUT2D eigenvalue weighted by atomic mass is 16.7. The molecule has 2 heterocycles. The Morgan fingerprint density at radius 3 is 2.50 bits per heavy atom. The van der Waals surface area contributed by atoms with Crippen LogP contribution in [0.15, 0.2) is 42.5 Å². The molecule has 1 fully saturated rings. The number of fused-ring (bicyclic) bond motifs is 2. The van der Waals surface area contributed by atoms with E-state index in [1.807, 2.05) is 37.4 Å². The third kappa shape index (κ3) is 3.59. The first-order chi connectivity index (χ1) is 14.7. The van der Waals surface area contributed by atoms with Gasteiger partial charge in [-0.3, -0.25) is 4.90 Å². The van der Waals surface area contributed by atoms with E-state index < -0.39 is 0 Å². The van der Waals surface area contributed by atoms with Crippen LogP contribution in [-0.4, -0.2) is 51.1 Å². The Hall–Kier alpha value is -2.44. The van der Waals surface area contributed by atoms with E-state index in [4.69, 9.17) is 23.7 Å². The Kier molecular flexibility index (Phi) is 5.21. The van der Waals surface area contributed by atoms with Crippen LogP contribution in [0, 0.1) is 0 Å². The highest BCUT2D eigenvalue weighted by Crippen LogP contribution is 2.44. The van der Waals surface area contributed by atoms with E-state index in [0.29, 0.717) is 19.4 Å². The number of likely N-dealkylation sites (N-methyl/N-ethyl adjacent to an activating group) is 1. The second-order valence-electron chi connectivity index (χ2n) is 8.43. The predicted molar refractivity (Wildman–Crippen MR) is 112 cm³/mol. The lowest BCUT2D eigenvalue weighted by atomic mass is 9.77. The van der Waals surface area contributed by atoms with Gasteiger partial charge in [0.15, 0.2) is 23.0 Å². The van der Waals surface area contributed by atoms with Crippen LogP contribution in [0.2, 0.25) is 0 Å². The SMILES string of the molecule is COC1(c2ccc3c(c2)OCO3)CCC(N(C)CC2COc3ccccc3O2)CC1. The smallest absolute Gasteiger partial charge is 0.231 e. The quantitative estimate of drug-likeness (QED) is 0.742. The molecule has 6 nitrogen and oxygen atoms in total. The Morgan fingerprint density at radius 2 is 1.70 bits per heavy atom. The largest absolute Gasteiger partial charge is 0.486 e. The average Bonchev–Trinajstić information content (AvgIpc) is 3.27. The number of hydrogen-bond acceptors (Lipinski definition) is 6. The summed E-state index contributed by atoms with van der Waals surface area (Å²) in [6.07, 6.45) is 4.14. The molecular weight excluding hydrogens is 382 g/mol. The molecular formula is C24H29NO5. The molecule has 3 aliphatic rings. The predicted octanol–water partition coefficient (Wildman–Crippen LogP) is 3.97. The monoisotopic (exact) mass is 411 g/mol. The van der Waals surface area contributed by atoms with Gasteiger partial charge in [0.05, 0.1) is 5.60 Å². The lowest BCUT2D eigenvalue weighted by Gasteiger charge is -2.43. The van der Waals surface area contributed by atoms with Gasteiger partial charge in [-0.05, 0) is 62.6 Å². The maximum absolute atomic E-state index is 6.15. The van der Waals surface area contributed by atoms with E-state index in [1.54, 1.807) is 0 Å². The minimum atomic E-state index is -0.262. The molecule has 0 saturated heterocycles. The van der Waals surface area contributed by atoms with Crippen molar-refractivity contribution < 1.29 is 23.7 Å². The number of para-hydroxylation sites is 2. The molecule has 0 bridgehead atoms. The van der Waals surface area contributed by atoms with Crippen LogP contribution in [0.1, 0.15) is 31.2 Å². The molecule has 0 N–H and O–H groups in total. The fourth-order valence-corrected chi connectivity index (χ4v) is 4.92. The molecule has 2 aromatic carbocycles. The molecule has 2 aromatic rings. The van der Waals surface area contributed by atoms with E-state index in [1.165, 1.54) is 5.56 Å². The number of benzene rings is 2. The third-order valence-corrected chi connectivity index (χ3v) is 6.73. The maximum Gasteiger partial charge on any atom is 0.231 e. The maximum atomic E-state index is 6.15. The van der Waals surface area contributed by atoms with Crippen LogP contribution >= 0.6 is 0 Å². The Bertz CT molecular complexity index is 893. The highest BCUT2D eigenvalue weighted by molar-refractivity contribution is 5.46. The van der Waals surface area contributed by atoms with Gasteiger partial charge >= 0.3 is 0 Å². The van der Waals surface area contributed by atoms with Crippen molar-refractivity contribution >= 4 is 0 Å². The van der Waals surface area contributed by atoms with Gasteiger partial charge in [-0.25, -0.2) is 0 Å². The van der Waals surface area contributed by atoms with E-state index in [9.17, 15) is 0 Å².